The number of nitrogens with one attached hydrogen (secondary N) is 1. The van der Waals surface area contributed by atoms with Gasteiger partial charge in [0.1, 0.15) is 16.9 Å². The van der Waals surface area contributed by atoms with E-state index in [9.17, 15) is 9.59 Å². The first-order valence-electron chi connectivity index (χ1n) is 6.53. The molecular weight excluding hydrogens is 292 g/mol. The van der Waals surface area contributed by atoms with Crippen LogP contribution in [0, 0.1) is 0 Å². The molecule has 6 nitrogen and oxygen atoms in total. The zero-order valence-electron chi connectivity index (χ0n) is 11.2. The third-order valence-corrected chi connectivity index (χ3v) is 3.98. The zero-order chi connectivity index (χ0) is 14.7. The first kappa shape index (κ1) is 13.7. The van der Waals surface area contributed by atoms with Crippen LogP contribution in [-0.2, 0) is 16.0 Å². The molecule has 3 rings (SSSR count). The van der Waals surface area contributed by atoms with E-state index < -0.39 is 0 Å². The van der Waals surface area contributed by atoms with Crippen LogP contribution in [0.15, 0.2) is 40.3 Å². The average Bonchev–Trinajstić information content (AvgIpc) is 3.17. The van der Waals surface area contributed by atoms with Crippen molar-refractivity contribution in [3.8, 4) is 0 Å². The Kier molecular flexibility index (Phi) is 3.92. The van der Waals surface area contributed by atoms with E-state index in [4.69, 9.17) is 9.15 Å². The normalized spacial score (nSPS) is 17.8. The molecule has 0 aromatic carbocycles. The molecule has 0 radical (unpaired) electrons. The molecule has 0 bridgehead atoms. The topological polar surface area (TPSA) is 71.8 Å². The van der Waals surface area contributed by atoms with Crippen LogP contribution in [0.3, 0.4) is 0 Å². The highest BCUT2D eigenvalue weighted by molar-refractivity contribution is 7.14. The van der Waals surface area contributed by atoms with Gasteiger partial charge >= 0.3 is 6.09 Å². The highest BCUT2D eigenvalue weighted by atomic mass is 32.1. The number of nitrogens with zero attached hydrogens (tertiary/aromatic N) is 1. The van der Waals surface area contributed by atoms with E-state index in [0.29, 0.717) is 18.8 Å². The maximum atomic E-state index is 11.8. The van der Waals surface area contributed by atoms with Gasteiger partial charge in [-0.2, -0.15) is 0 Å². The standard InChI is InChI=1S/C14H14N2O4S/c17-12(7-10-3-1-5-19-10)15-8-11-9-16(14(18)20-11)13-4-2-6-21-13/h1-6,11H,7-9H2,(H,15,17). The lowest BCUT2D eigenvalue weighted by molar-refractivity contribution is -0.121. The minimum Gasteiger partial charge on any atom is -0.469 e. The van der Waals surface area contributed by atoms with Gasteiger partial charge in [0.2, 0.25) is 5.91 Å². The number of anilines is 1. The zero-order valence-corrected chi connectivity index (χ0v) is 12.0. The Labute approximate surface area is 125 Å². The molecule has 1 aliphatic heterocycles. The van der Waals surface area contributed by atoms with Crippen LogP contribution < -0.4 is 10.2 Å². The van der Waals surface area contributed by atoms with Crippen molar-refractivity contribution < 1.29 is 18.7 Å². The molecule has 0 spiro atoms. The summed E-state index contributed by atoms with van der Waals surface area (Å²) >= 11 is 1.48. The van der Waals surface area contributed by atoms with Gasteiger partial charge in [-0.25, -0.2) is 4.79 Å². The third kappa shape index (κ3) is 3.25. The molecule has 2 amide bonds. The highest BCUT2D eigenvalue weighted by Crippen LogP contribution is 2.25. The molecule has 110 valence electrons. The number of furan rings is 1. The molecule has 2 aromatic heterocycles. The Bertz CT molecular complexity index is 609. The summed E-state index contributed by atoms with van der Waals surface area (Å²) in [7, 11) is 0. The Morgan fingerprint density at radius 1 is 1.43 bits per heavy atom. The fraction of sp³-hybridized carbons (Fsp3) is 0.286. The fourth-order valence-corrected chi connectivity index (χ4v) is 2.82. The van der Waals surface area contributed by atoms with Crippen molar-refractivity contribution in [2.45, 2.75) is 12.5 Å². The van der Waals surface area contributed by atoms with Crippen LogP contribution in [0.25, 0.3) is 0 Å². The molecule has 1 aliphatic rings. The van der Waals surface area contributed by atoms with Crippen LogP contribution in [0.2, 0.25) is 0 Å². The van der Waals surface area contributed by atoms with Crippen molar-refractivity contribution in [3.63, 3.8) is 0 Å². The molecule has 1 fully saturated rings. The van der Waals surface area contributed by atoms with Crippen LogP contribution in [0.1, 0.15) is 5.76 Å². The summed E-state index contributed by atoms with van der Waals surface area (Å²) < 4.78 is 10.3. The van der Waals surface area contributed by atoms with Gasteiger partial charge in [-0.15, -0.1) is 11.3 Å². The maximum absolute atomic E-state index is 11.8. The van der Waals surface area contributed by atoms with Gasteiger partial charge in [-0.3, -0.25) is 9.69 Å². The second kappa shape index (κ2) is 6.01. The summed E-state index contributed by atoms with van der Waals surface area (Å²) in [6, 6.07) is 7.23. The van der Waals surface area contributed by atoms with Gasteiger partial charge in [0.05, 0.1) is 25.8 Å². The number of carbonyl (C=O) groups excluding carboxylic acids is 2. The molecule has 0 saturated carbocycles. The first-order valence-corrected chi connectivity index (χ1v) is 7.41. The molecule has 1 atom stereocenters. The van der Waals surface area contributed by atoms with Gasteiger partial charge in [0.15, 0.2) is 0 Å². The van der Waals surface area contributed by atoms with Crippen LogP contribution in [-0.4, -0.2) is 31.2 Å². The number of hydrogen-bond donors (Lipinski definition) is 1. The van der Waals surface area contributed by atoms with Crippen LogP contribution in [0.5, 0.6) is 0 Å². The van der Waals surface area contributed by atoms with Gasteiger partial charge in [0.25, 0.3) is 0 Å². The molecule has 0 aliphatic carbocycles. The molecule has 7 heteroatoms. The number of thiophene rings is 1. The van der Waals surface area contributed by atoms with Crippen LogP contribution >= 0.6 is 11.3 Å². The number of amides is 2. The summed E-state index contributed by atoms with van der Waals surface area (Å²) in [6.45, 7) is 0.744. The lowest BCUT2D eigenvalue weighted by Crippen LogP contribution is -2.35. The predicted octanol–water partition coefficient (Wildman–Crippen LogP) is 2.03. The largest absolute Gasteiger partial charge is 0.469 e. The lowest BCUT2D eigenvalue weighted by Gasteiger charge is -2.10. The Morgan fingerprint density at radius 2 is 2.33 bits per heavy atom. The predicted molar refractivity (Wildman–Crippen MR) is 77.4 cm³/mol. The summed E-state index contributed by atoms with van der Waals surface area (Å²) in [4.78, 5) is 25.1. The highest BCUT2D eigenvalue weighted by Gasteiger charge is 2.32. The van der Waals surface area contributed by atoms with Crippen molar-refractivity contribution in [2.75, 3.05) is 18.0 Å². The van der Waals surface area contributed by atoms with Gasteiger partial charge in [-0.05, 0) is 29.6 Å². The summed E-state index contributed by atoms with van der Waals surface area (Å²) in [5.41, 5.74) is 0. The molecule has 1 saturated heterocycles. The van der Waals surface area contributed by atoms with Crippen molar-refractivity contribution in [3.05, 3.63) is 41.7 Å². The van der Waals surface area contributed by atoms with Crippen LogP contribution in [0.4, 0.5) is 9.80 Å². The van der Waals surface area contributed by atoms with Gasteiger partial charge < -0.3 is 14.5 Å². The van der Waals surface area contributed by atoms with Gasteiger partial charge in [-0.1, -0.05) is 0 Å². The monoisotopic (exact) mass is 306 g/mol. The number of cyclic esters (lactones) is 1. The van der Waals surface area contributed by atoms with E-state index in [1.54, 1.807) is 17.0 Å². The minimum absolute atomic E-state index is 0.157. The number of hydrogen-bond acceptors (Lipinski definition) is 5. The number of carbonyl (C=O) groups is 2. The van der Waals surface area contributed by atoms with E-state index in [1.807, 2.05) is 17.5 Å². The molecule has 1 N–H and O–H groups in total. The summed E-state index contributed by atoms with van der Waals surface area (Å²) in [5, 5.41) is 5.51. The maximum Gasteiger partial charge on any atom is 0.415 e. The lowest BCUT2D eigenvalue weighted by atomic mass is 10.3. The van der Waals surface area contributed by atoms with Crippen molar-refractivity contribution >= 4 is 28.3 Å². The van der Waals surface area contributed by atoms with Crippen molar-refractivity contribution in [2.24, 2.45) is 0 Å². The average molecular weight is 306 g/mol. The minimum atomic E-state index is -0.372. The number of ether oxygens (including phenoxy) is 1. The van der Waals surface area contributed by atoms with Crippen molar-refractivity contribution in [1.82, 2.24) is 5.32 Å². The molecule has 2 aromatic rings. The molecular formula is C14H14N2O4S. The van der Waals surface area contributed by atoms with E-state index in [1.165, 1.54) is 17.6 Å². The molecule has 21 heavy (non-hydrogen) atoms. The smallest absolute Gasteiger partial charge is 0.415 e. The van der Waals surface area contributed by atoms with Crippen molar-refractivity contribution in [1.29, 1.82) is 0 Å². The van der Waals surface area contributed by atoms with E-state index in [2.05, 4.69) is 5.32 Å². The second-order valence-corrected chi connectivity index (χ2v) is 5.55. The van der Waals surface area contributed by atoms with E-state index >= 15 is 0 Å². The number of rotatable bonds is 5. The quantitative estimate of drug-likeness (QED) is 0.917. The summed E-state index contributed by atoms with van der Waals surface area (Å²) in [5.74, 6) is 0.451. The summed E-state index contributed by atoms with van der Waals surface area (Å²) in [6.07, 6.45) is 1.01. The van der Waals surface area contributed by atoms with Gasteiger partial charge in [0, 0.05) is 0 Å². The molecule has 1 unspecified atom stereocenters. The second-order valence-electron chi connectivity index (χ2n) is 4.63. The third-order valence-electron chi connectivity index (χ3n) is 3.09. The fourth-order valence-electron chi connectivity index (χ4n) is 2.09. The Morgan fingerprint density at radius 3 is 3.05 bits per heavy atom. The van der Waals surface area contributed by atoms with E-state index in [-0.39, 0.29) is 24.5 Å². The molecule has 3 heterocycles. The Hall–Kier alpha value is -2.28. The van der Waals surface area contributed by atoms with E-state index in [0.717, 1.165) is 5.00 Å². The Balaban J connectivity index is 1.48. The SMILES string of the molecule is O=C(Cc1ccco1)NCC1CN(c2cccs2)C(=O)O1. The first-order chi connectivity index (χ1) is 10.2.